The number of methoxy groups -OCH3 is 1. The van der Waals surface area contributed by atoms with Crippen LogP contribution in [0, 0.1) is 0 Å². The van der Waals surface area contributed by atoms with Gasteiger partial charge in [-0.15, -0.1) is 0 Å². The van der Waals surface area contributed by atoms with Crippen molar-refractivity contribution in [2.75, 3.05) is 19.5 Å². The highest BCUT2D eigenvalue weighted by atomic mass is 32.2. The van der Waals surface area contributed by atoms with Crippen LogP contribution in [0.5, 0.6) is 0 Å². The lowest BCUT2D eigenvalue weighted by Crippen LogP contribution is -2.30. The summed E-state index contributed by atoms with van der Waals surface area (Å²) in [5.74, 6) is 0.815. The number of rotatable bonds is 8. The fourth-order valence-corrected chi connectivity index (χ4v) is 2.07. The van der Waals surface area contributed by atoms with E-state index in [4.69, 9.17) is 9.47 Å². The van der Waals surface area contributed by atoms with Crippen LogP contribution in [0.25, 0.3) is 0 Å². The Balaban J connectivity index is 3.81. The van der Waals surface area contributed by atoms with Crippen molar-refractivity contribution in [2.45, 2.75) is 58.7 Å². The van der Waals surface area contributed by atoms with Crippen LogP contribution in [-0.2, 0) is 14.3 Å². The fraction of sp³-hybridized carbons (Fsp3) is 0.923. The summed E-state index contributed by atoms with van der Waals surface area (Å²) in [6, 6.07) is 0. The van der Waals surface area contributed by atoms with Gasteiger partial charge in [-0.1, -0.05) is 11.8 Å². The van der Waals surface area contributed by atoms with Crippen LogP contribution in [0.15, 0.2) is 0 Å². The Hall–Kier alpha value is -0.0600. The number of hydrogen-bond acceptors (Lipinski definition) is 4. The summed E-state index contributed by atoms with van der Waals surface area (Å²) in [5, 5.41) is 0.168. The van der Waals surface area contributed by atoms with E-state index in [9.17, 15) is 4.79 Å². The first kappa shape index (κ1) is 16.9. The molecule has 0 aliphatic rings. The molecule has 0 rings (SSSR count). The Kier molecular flexibility index (Phi) is 7.37. The van der Waals surface area contributed by atoms with E-state index in [2.05, 4.69) is 27.7 Å². The number of ether oxygens (including phenoxy) is 2. The molecular weight excluding hydrogens is 236 g/mol. The number of hydrogen-bond donors (Lipinski definition) is 0. The minimum atomic E-state index is -0.174. The maximum absolute atomic E-state index is 10.8. The van der Waals surface area contributed by atoms with Crippen LogP contribution >= 0.6 is 11.8 Å². The quantitative estimate of drug-likeness (QED) is 0.672. The zero-order chi connectivity index (χ0) is 13.5. The van der Waals surface area contributed by atoms with Crippen LogP contribution < -0.4 is 0 Å². The molecule has 0 heterocycles. The van der Waals surface area contributed by atoms with Gasteiger partial charge in [0.05, 0.1) is 17.8 Å². The summed E-state index contributed by atoms with van der Waals surface area (Å²) >= 11 is 1.36. The first-order valence-corrected chi connectivity index (χ1v) is 6.99. The molecule has 0 spiro atoms. The summed E-state index contributed by atoms with van der Waals surface area (Å²) < 4.78 is 11.2. The molecule has 3 nitrogen and oxygen atoms in total. The van der Waals surface area contributed by atoms with Gasteiger partial charge in [-0.3, -0.25) is 4.79 Å². The van der Waals surface area contributed by atoms with Crippen LogP contribution in [-0.4, -0.2) is 35.8 Å². The van der Waals surface area contributed by atoms with Crippen molar-refractivity contribution in [3.05, 3.63) is 0 Å². The van der Waals surface area contributed by atoms with Crippen LogP contribution in [0.3, 0.4) is 0 Å². The highest BCUT2D eigenvalue weighted by Gasteiger charge is 2.21. The fourth-order valence-electron chi connectivity index (χ4n) is 1.19. The van der Waals surface area contributed by atoms with Crippen molar-refractivity contribution >= 4 is 16.9 Å². The molecule has 17 heavy (non-hydrogen) atoms. The average molecular weight is 262 g/mol. The lowest BCUT2D eigenvalue weighted by atomic mass is 10.0. The molecule has 0 aromatic heterocycles. The summed E-state index contributed by atoms with van der Waals surface area (Å²) in [5.41, 5.74) is -0.309. The Bertz CT molecular complexity index is 237. The van der Waals surface area contributed by atoms with Crippen LogP contribution in [0.2, 0.25) is 0 Å². The minimum Gasteiger partial charge on any atom is -0.379 e. The predicted octanol–water partition coefficient (Wildman–Crippen LogP) is 3.27. The Morgan fingerprint density at radius 2 is 1.71 bits per heavy atom. The molecule has 0 bridgehead atoms. The lowest BCUT2D eigenvalue weighted by Gasteiger charge is -2.28. The predicted molar refractivity (Wildman–Crippen MR) is 73.5 cm³/mol. The molecule has 0 aliphatic heterocycles. The summed E-state index contributed by atoms with van der Waals surface area (Å²) in [4.78, 5) is 10.8. The number of thioether (sulfide) groups is 1. The van der Waals surface area contributed by atoms with Gasteiger partial charge in [0, 0.05) is 19.8 Å². The smallest absolute Gasteiger partial charge is 0.185 e. The second kappa shape index (κ2) is 7.39. The molecule has 0 aliphatic carbocycles. The standard InChI is InChI=1S/C13H26O3S/c1-11(14)17-10-8-13(4,5)16-9-7-12(2,3)15-6/h7-10H2,1-6H3. The molecule has 0 aromatic carbocycles. The third-order valence-corrected chi connectivity index (χ3v) is 3.57. The maximum atomic E-state index is 10.8. The van der Waals surface area contributed by atoms with Gasteiger partial charge < -0.3 is 9.47 Å². The Labute approximate surface area is 110 Å². The van der Waals surface area contributed by atoms with Crippen molar-refractivity contribution in [3.63, 3.8) is 0 Å². The van der Waals surface area contributed by atoms with Crippen LogP contribution in [0.4, 0.5) is 0 Å². The highest BCUT2D eigenvalue weighted by molar-refractivity contribution is 8.13. The Morgan fingerprint density at radius 1 is 1.12 bits per heavy atom. The molecule has 0 saturated heterocycles. The first-order valence-electron chi connectivity index (χ1n) is 6.01. The van der Waals surface area contributed by atoms with E-state index in [1.807, 2.05) is 0 Å². The average Bonchev–Trinajstić information content (AvgIpc) is 2.16. The lowest BCUT2D eigenvalue weighted by molar-refractivity contribution is -0.109. The molecule has 0 saturated carbocycles. The van der Waals surface area contributed by atoms with Crippen molar-refractivity contribution in [3.8, 4) is 0 Å². The second-order valence-electron chi connectivity index (χ2n) is 5.41. The first-order chi connectivity index (χ1) is 7.68. The van der Waals surface area contributed by atoms with E-state index in [0.29, 0.717) is 6.61 Å². The molecule has 0 fully saturated rings. The summed E-state index contributed by atoms with van der Waals surface area (Å²) in [7, 11) is 1.72. The zero-order valence-electron chi connectivity index (χ0n) is 12.0. The SMILES string of the molecule is COC(C)(C)CCOC(C)(C)CCSC(C)=O. The zero-order valence-corrected chi connectivity index (χ0v) is 12.8. The molecular formula is C13H26O3S. The van der Waals surface area contributed by atoms with Crippen molar-refractivity contribution in [1.29, 1.82) is 0 Å². The van der Waals surface area contributed by atoms with Crippen molar-refractivity contribution in [2.24, 2.45) is 0 Å². The maximum Gasteiger partial charge on any atom is 0.185 e. The summed E-state index contributed by atoms with van der Waals surface area (Å²) in [6.45, 7) is 10.5. The third-order valence-electron chi connectivity index (χ3n) is 2.76. The summed E-state index contributed by atoms with van der Waals surface area (Å²) in [6.07, 6.45) is 1.75. The molecule has 102 valence electrons. The molecule has 0 N–H and O–H groups in total. The Morgan fingerprint density at radius 3 is 2.18 bits per heavy atom. The largest absolute Gasteiger partial charge is 0.379 e. The molecule has 0 unspecified atom stereocenters. The van der Waals surface area contributed by atoms with Gasteiger partial charge in [-0.25, -0.2) is 0 Å². The van der Waals surface area contributed by atoms with Crippen LogP contribution in [0.1, 0.15) is 47.5 Å². The van der Waals surface area contributed by atoms with Gasteiger partial charge >= 0.3 is 0 Å². The molecule has 0 radical (unpaired) electrons. The molecule has 0 amide bonds. The molecule has 0 aromatic rings. The second-order valence-corrected chi connectivity index (χ2v) is 6.68. The van der Waals surface area contributed by atoms with Gasteiger partial charge in [0.15, 0.2) is 5.12 Å². The van der Waals surface area contributed by atoms with Gasteiger partial charge in [0.1, 0.15) is 0 Å². The van der Waals surface area contributed by atoms with Gasteiger partial charge in [0.25, 0.3) is 0 Å². The van der Waals surface area contributed by atoms with Gasteiger partial charge in [-0.05, 0) is 40.5 Å². The van der Waals surface area contributed by atoms with E-state index in [-0.39, 0.29) is 16.3 Å². The van der Waals surface area contributed by atoms with Crippen molar-refractivity contribution in [1.82, 2.24) is 0 Å². The molecule has 4 heteroatoms. The minimum absolute atomic E-state index is 0.135. The van der Waals surface area contributed by atoms with E-state index in [1.165, 1.54) is 11.8 Å². The molecule has 0 atom stereocenters. The topological polar surface area (TPSA) is 35.5 Å². The van der Waals surface area contributed by atoms with E-state index in [0.717, 1.165) is 18.6 Å². The van der Waals surface area contributed by atoms with Crippen molar-refractivity contribution < 1.29 is 14.3 Å². The highest BCUT2D eigenvalue weighted by Crippen LogP contribution is 2.20. The van der Waals surface area contributed by atoms with E-state index >= 15 is 0 Å². The third kappa shape index (κ3) is 9.62. The number of carbonyl (C=O) groups excluding carboxylic acids is 1. The van der Waals surface area contributed by atoms with Gasteiger partial charge in [-0.2, -0.15) is 0 Å². The number of carbonyl (C=O) groups is 1. The monoisotopic (exact) mass is 262 g/mol. The normalized spacial score (nSPS) is 12.8. The van der Waals surface area contributed by atoms with E-state index < -0.39 is 0 Å². The van der Waals surface area contributed by atoms with E-state index in [1.54, 1.807) is 14.0 Å². The van der Waals surface area contributed by atoms with Gasteiger partial charge in [0.2, 0.25) is 0 Å².